The van der Waals surface area contributed by atoms with Crippen molar-refractivity contribution in [2.24, 2.45) is 0 Å². The SMILES string of the molecule is CCOC(=O)c1c(SC)sc2c(I)c(OS(=O)(=O)C(F)(F)F)ccc12. The minimum atomic E-state index is -5.77. The first-order valence-electron chi connectivity index (χ1n) is 6.50. The molecule has 0 saturated carbocycles. The number of esters is 1. The fraction of sp³-hybridized carbons (Fsp3) is 0.308. The number of hydrogen-bond donors (Lipinski definition) is 0. The molecule has 0 fully saturated rings. The highest BCUT2D eigenvalue weighted by Gasteiger charge is 2.48. The van der Waals surface area contributed by atoms with Crippen molar-refractivity contribution < 1.29 is 35.3 Å². The van der Waals surface area contributed by atoms with Gasteiger partial charge in [0.05, 0.1) is 24.6 Å². The van der Waals surface area contributed by atoms with E-state index >= 15 is 0 Å². The number of carbonyl (C=O) groups is 1. The number of halogens is 4. The number of alkyl halides is 3. The first-order chi connectivity index (χ1) is 11.5. The van der Waals surface area contributed by atoms with Gasteiger partial charge in [0.1, 0.15) is 0 Å². The molecule has 0 aliphatic carbocycles. The Morgan fingerprint density at radius 3 is 2.52 bits per heavy atom. The predicted molar refractivity (Wildman–Crippen MR) is 97.9 cm³/mol. The third kappa shape index (κ3) is 4.01. The lowest BCUT2D eigenvalue weighted by atomic mass is 10.2. The molecule has 138 valence electrons. The molecule has 12 heteroatoms. The van der Waals surface area contributed by atoms with Gasteiger partial charge in [-0.25, -0.2) is 4.79 Å². The molecule has 0 unspecified atom stereocenters. The van der Waals surface area contributed by atoms with Crippen LogP contribution in [0.1, 0.15) is 17.3 Å². The van der Waals surface area contributed by atoms with Crippen molar-refractivity contribution in [1.82, 2.24) is 0 Å². The molecule has 25 heavy (non-hydrogen) atoms. The number of rotatable bonds is 5. The molecule has 2 rings (SSSR count). The quantitative estimate of drug-likeness (QED) is 0.186. The van der Waals surface area contributed by atoms with E-state index in [4.69, 9.17) is 4.74 Å². The molecule has 0 spiro atoms. The van der Waals surface area contributed by atoms with Crippen LogP contribution < -0.4 is 4.18 Å². The molecule has 1 aromatic heterocycles. The van der Waals surface area contributed by atoms with Crippen LogP contribution in [0.15, 0.2) is 16.3 Å². The van der Waals surface area contributed by atoms with E-state index < -0.39 is 27.3 Å². The zero-order valence-corrected chi connectivity index (χ0v) is 17.2. The molecule has 2 aromatic rings. The molecule has 0 radical (unpaired) electrons. The standard InChI is InChI=1S/C13H10F3IO5S3/c1-3-21-11(18)8-6-4-5-7(22-25(19,20)13(14,15)16)9(17)10(6)24-12(8)23-2/h4-5H,3H2,1-2H3. The van der Waals surface area contributed by atoms with Crippen LogP contribution in [0.4, 0.5) is 13.2 Å². The Labute approximate surface area is 163 Å². The van der Waals surface area contributed by atoms with Crippen LogP contribution in [-0.2, 0) is 14.9 Å². The average molecular weight is 526 g/mol. The number of thiophene rings is 1. The van der Waals surface area contributed by atoms with Crippen molar-refractivity contribution in [3.8, 4) is 5.75 Å². The maximum atomic E-state index is 12.5. The Kier molecular flexibility index (Phi) is 6.16. The van der Waals surface area contributed by atoms with Gasteiger partial charge in [-0.1, -0.05) is 0 Å². The molecular weight excluding hydrogens is 516 g/mol. The van der Waals surface area contributed by atoms with Gasteiger partial charge in [-0.15, -0.1) is 23.1 Å². The Bertz CT molecular complexity index is 921. The van der Waals surface area contributed by atoms with Crippen LogP contribution in [0.3, 0.4) is 0 Å². The summed E-state index contributed by atoms with van der Waals surface area (Å²) in [5.74, 6) is -1.000. The molecule has 0 bridgehead atoms. The van der Waals surface area contributed by atoms with Gasteiger partial charge in [0, 0.05) is 5.39 Å². The number of thioether (sulfide) groups is 1. The van der Waals surface area contributed by atoms with Crippen LogP contribution in [-0.4, -0.2) is 32.8 Å². The van der Waals surface area contributed by atoms with Crippen LogP contribution in [0.25, 0.3) is 10.1 Å². The van der Waals surface area contributed by atoms with Crippen molar-refractivity contribution in [3.05, 3.63) is 21.3 Å². The monoisotopic (exact) mass is 526 g/mol. The summed E-state index contributed by atoms with van der Waals surface area (Å²) in [4.78, 5) is 12.1. The van der Waals surface area contributed by atoms with E-state index in [1.165, 1.54) is 17.8 Å². The van der Waals surface area contributed by atoms with Crippen molar-refractivity contribution in [1.29, 1.82) is 0 Å². The second-order valence-corrected chi connectivity index (χ2v) is 9.14. The van der Waals surface area contributed by atoms with E-state index in [9.17, 15) is 26.4 Å². The van der Waals surface area contributed by atoms with Crippen molar-refractivity contribution in [3.63, 3.8) is 0 Å². The van der Waals surface area contributed by atoms with Gasteiger partial charge in [-0.3, -0.25) is 0 Å². The highest BCUT2D eigenvalue weighted by molar-refractivity contribution is 14.1. The number of ether oxygens (including phenoxy) is 1. The number of carbonyl (C=O) groups excluding carboxylic acids is 1. The van der Waals surface area contributed by atoms with E-state index in [-0.39, 0.29) is 10.2 Å². The highest BCUT2D eigenvalue weighted by atomic mass is 127. The van der Waals surface area contributed by atoms with Crippen molar-refractivity contribution in [2.75, 3.05) is 12.9 Å². The maximum Gasteiger partial charge on any atom is 0.534 e. The smallest absolute Gasteiger partial charge is 0.462 e. The number of hydrogen-bond acceptors (Lipinski definition) is 7. The first kappa shape index (κ1) is 20.6. The summed E-state index contributed by atoms with van der Waals surface area (Å²) in [7, 11) is -5.77. The molecule has 0 aliphatic rings. The van der Waals surface area contributed by atoms with Gasteiger partial charge in [0.15, 0.2) is 5.75 Å². The fourth-order valence-corrected chi connectivity index (χ4v) is 5.32. The zero-order valence-electron chi connectivity index (χ0n) is 12.6. The molecule has 5 nitrogen and oxygen atoms in total. The second-order valence-electron chi connectivity index (χ2n) is 4.43. The second kappa shape index (κ2) is 7.48. The predicted octanol–water partition coefficient (Wildman–Crippen LogP) is 4.63. The molecular formula is C13H10F3IO5S3. The lowest BCUT2D eigenvalue weighted by Crippen LogP contribution is -2.28. The fourth-order valence-electron chi connectivity index (χ4n) is 1.86. The molecule has 0 aliphatic heterocycles. The maximum absolute atomic E-state index is 12.5. The Balaban J connectivity index is 2.60. The molecule has 0 atom stereocenters. The van der Waals surface area contributed by atoms with Gasteiger partial charge in [-0.2, -0.15) is 21.6 Å². The molecule has 1 heterocycles. The van der Waals surface area contributed by atoms with Crippen LogP contribution in [0.5, 0.6) is 5.75 Å². The van der Waals surface area contributed by atoms with Crippen molar-refractivity contribution in [2.45, 2.75) is 16.6 Å². The summed E-state index contributed by atoms with van der Waals surface area (Å²) < 4.78 is 70.4. The average Bonchev–Trinajstić information content (AvgIpc) is 2.88. The first-order valence-corrected chi connectivity index (χ1v) is 11.0. The summed E-state index contributed by atoms with van der Waals surface area (Å²) in [5.41, 5.74) is -5.22. The molecule has 0 amide bonds. The summed E-state index contributed by atoms with van der Waals surface area (Å²) >= 11 is 4.12. The normalized spacial score (nSPS) is 12.4. The van der Waals surface area contributed by atoms with Gasteiger partial charge in [0.2, 0.25) is 0 Å². The van der Waals surface area contributed by atoms with E-state index in [0.717, 1.165) is 17.4 Å². The summed E-state index contributed by atoms with van der Waals surface area (Å²) in [5, 5.41) is 0.467. The summed E-state index contributed by atoms with van der Waals surface area (Å²) in [6, 6.07) is 2.44. The van der Waals surface area contributed by atoms with Crippen molar-refractivity contribution >= 4 is 71.9 Å². The third-order valence-electron chi connectivity index (χ3n) is 2.88. The summed E-state index contributed by atoms with van der Waals surface area (Å²) in [6.07, 6.45) is 1.74. The lowest BCUT2D eigenvalue weighted by molar-refractivity contribution is -0.0500. The van der Waals surface area contributed by atoms with Gasteiger partial charge in [0.25, 0.3) is 0 Å². The van der Waals surface area contributed by atoms with Crippen LogP contribution in [0, 0.1) is 3.57 Å². The third-order valence-corrected chi connectivity index (χ3v) is 7.62. The largest absolute Gasteiger partial charge is 0.534 e. The van der Waals surface area contributed by atoms with E-state index in [1.54, 1.807) is 35.8 Å². The molecule has 0 N–H and O–H groups in total. The lowest BCUT2D eigenvalue weighted by Gasteiger charge is -2.11. The summed E-state index contributed by atoms with van der Waals surface area (Å²) in [6.45, 7) is 1.83. The Hall–Kier alpha value is -0.730. The van der Waals surface area contributed by atoms with E-state index in [2.05, 4.69) is 4.18 Å². The molecule has 0 saturated heterocycles. The highest BCUT2D eigenvalue weighted by Crippen LogP contribution is 2.43. The van der Waals surface area contributed by atoms with Crippen LogP contribution >= 0.6 is 45.7 Å². The Morgan fingerprint density at radius 1 is 1.36 bits per heavy atom. The topological polar surface area (TPSA) is 69.7 Å². The van der Waals surface area contributed by atoms with Gasteiger partial charge < -0.3 is 8.92 Å². The van der Waals surface area contributed by atoms with E-state index in [0.29, 0.717) is 19.9 Å². The van der Waals surface area contributed by atoms with Gasteiger partial charge in [-0.05, 0) is 47.9 Å². The van der Waals surface area contributed by atoms with Crippen LogP contribution in [0.2, 0.25) is 0 Å². The van der Waals surface area contributed by atoms with E-state index in [1.807, 2.05) is 0 Å². The molecule has 1 aromatic carbocycles. The minimum Gasteiger partial charge on any atom is -0.462 e. The number of benzene rings is 1. The zero-order chi connectivity index (χ0) is 19.0. The minimum absolute atomic E-state index is 0.166. The Morgan fingerprint density at radius 2 is 2.00 bits per heavy atom. The number of fused-ring (bicyclic) bond motifs is 1. The van der Waals surface area contributed by atoms with Gasteiger partial charge >= 0.3 is 21.6 Å².